The van der Waals surface area contributed by atoms with Crippen molar-refractivity contribution in [2.45, 2.75) is 33.6 Å². The number of ketones is 1. The lowest BCUT2D eigenvalue weighted by molar-refractivity contribution is -0.307. The molecule has 0 radical (unpaired) electrons. The molecule has 1 rings (SSSR count). The van der Waals surface area contributed by atoms with E-state index in [0.29, 0.717) is 6.42 Å². The fraction of sp³-hybridized carbons (Fsp3) is 0.800. The van der Waals surface area contributed by atoms with Gasteiger partial charge in [-0.15, -0.1) is 0 Å². The molecule has 1 fully saturated rings. The molecular weight excluding hydrogens is 168 g/mol. The van der Waals surface area contributed by atoms with E-state index in [1.54, 1.807) is 0 Å². The van der Waals surface area contributed by atoms with Gasteiger partial charge in [-0.25, -0.2) is 0 Å². The lowest BCUT2D eigenvalue weighted by atomic mass is 9.75. The van der Waals surface area contributed by atoms with Crippen LogP contribution in [0.3, 0.4) is 0 Å². The highest BCUT2D eigenvalue weighted by molar-refractivity contribution is 5.85. The van der Waals surface area contributed by atoms with Crippen LogP contribution in [0.2, 0.25) is 0 Å². The summed E-state index contributed by atoms with van der Waals surface area (Å²) in [5.41, 5.74) is -0.197. The maximum absolute atomic E-state index is 11.4. The average Bonchev–Trinajstić information content (AvgIpc) is 2.15. The summed E-state index contributed by atoms with van der Waals surface area (Å²) in [5, 5.41) is 10.4. The zero-order chi connectivity index (χ0) is 10.2. The van der Waals surface area contributed by atoms with Crippen molar-refractivity contribution in [1.82, 2.24) is 0 Å². The number of carboxylic acid groups (broad SMARTS) is 1. The number of hydrogen-bond donors (Lipinski definition) is 0. The second-order valence-corrected chi connectivity index (χ2v) is 4.49. The van der Waals surface area contributed by atoms with E-state index in [2.05, 4.69) is 0 Å². The van der Waals surface area contributed by atoms with Crippen LogP contribution in [0.1, 0.15) is 33.6 Å². The molecule has 1 aliphatic carbocycles. The van der Waals surface area contributed by atoms with E-state index >= 15 is 0 Å². The van der Waals surface area contributed by atoms with Crippen LogP contribution in [0.15, 0.2) is 0 Å². The Morgan fingerprint density at radius 1 is 1.62 bits per heavy atom. The van der Waals surface area contributed by atoms with E-state index in [-0.39, 0.29) is 29.5 Å². The van der Waals surface area contributed by atoms with E-state index in [4.69, 9.17) is 0 Å². The molecule has 0 aliphatic heterocycles. The molecular formula is C10H15O3-. The topological polar surface area (TPSA) is 57.2 Å². The predicted molar refractivity (Wildman–Crippen MR) is 45.7 cm³/mol. The van der Waals surface area contributed by atoms with Gasteiger partial charge in [0.15, 0.2) is 0 Å². The molecule has 1 aliphatic rings. The third-order valence-electron chi connectivity index (χ3n) is 3.51. The van der Waals surface area contributed by atoms with Gasteiger partial charge in [0.2, 0.25) is 0 Å². The number of carbonyl (C=O) groups excluding carboxylic acids is 2. The van der Waals surface area contributed by atoms with Gasteiger partial charge in [0.1, 0.15) is 5.78 Å². The van der Waals surface area contributed by atoms with Crippen molar-refractivity contribution in [2.24, 2.45) is 17.3 Å². The summed E-state index contributed by atoms with van der Waals surface area (Å²) in [6, 6.07) is 0. The summed E-state index contributed by atoms with van der Waals surface area (Å²) < 4.78 is 0. The Labute approximate surface area is 78.1 Å². The Bertz CT molecular complexity index is 241. The molecule has 2 atom stereocenters. The molecule has 0 aromatic carbocycles. The number of carbonyl (C=O) groups is 2. The Morgan fingerprint density at radius 3 is 2.46 bits per heavy atom. The summed E-state index contributed by atoms with van der Waals surface area (Å²) in [4.78, 5) is 21.8. The molecule has 0 unspecified atom stereocenters. The summed E-state index contributed by atoms with van der Waals surface area (Å²) in [6.45, 7) is 5.78. The van der Waals surface area contributed by atoms with Crippen molar-refractivity contribution in [3.05, 3.63) is 0 Å². The smallest absolute Gasteiger partial charge is 0.136 e. The van der Waals surface area contributed by atoms with Crippen LogP contribution in [0.25, 0.3) is 0 Å². The van der Waals surface area contributed by atoms with Crippen LogP contribution in [-0.2, 0) is 9.59 Å². The second kappa shape index (κ2) is 3.13. The number of Topliss-reactive ketones (excluding diaryl/α,β-unsaturated/α-hetero) is 1. The molecule has 3 heteroatoms. The SMILES string of the molecule is C[C@@H]1C(=O)C[C@@H](CC(=O)[O-])C1(C)C. The minimum Gasteiger partial charge on any atom is -0.550 e. The Morgan fingerprint density at radius 2 is 2.15 bits per heavy atom. The molecule has 0 saturated heterocycles. The molecule has 0 amide bonds. The molecule has 0 N–H and O–H groups in total. The highest BCUT2D eigenvalue weighted by Crippen LogP contribution is 2.46. The summed E-state index contributed by atoms with van der Waals surface area (Å²) in [5.74, 6) is -0.965. The third-order valence-corrected chi connectivity index (χ3v) is 3.51. The second-order valence-electron chi connectivity index (χ2n) is 4.49. The first-order valence-corrected chi connectivity index (χ1v) is 4.58. The number of rotatable bonds is 2. The van der Waals surface area contributed by atoms with E-state index in [1.165, 1.54) is 0 Å². The van der Waals surface area contributed by atoms with Gasteiger partial charge in [0.25, 0.3) is 0 Å². The van der Waals surface area contributed by atoms with Crippen molar-refractivity contribution >= 4 is 11.8 Å². The van der Waals surface area contributed by atoms with Crippen molar-refractivity contribution in [3.63, 3.8) is 0 Å². The largest absolute Gasteiger partial charge is 0.550 e. The lowest BCUT2D eigenvalue weighted by Gasteiger charge is -2.30. The molecule has 0 spiro atoms. The summed E-state index contributed by atoms with van der Waals surface area (Å²) >= 11 is 0. The van der Waals surface area contributed by atoms with Crippen LogP contribution in [0, 0.1) is 17.3 Å². The van der Waals surface area contributed by atoms with Crippen molar-refractivity contribution in [2.75, 3.05) is 0 Å². The Kier molecular flexibility index (Phi) is 2.46. The first kappa shape index (κ1) is 10.2. The van der Waals surface area contributed by atoms with Gasteiger partial charge in [-0.05, 0) is 17.8 Å². The van der Waals surface area contributed by atoms with Gasteiger partial charge in [0.05, 0.1) is 0 Å². The molecule has 0 bridgehead atoms. The standard InChI is InChI=1S/C10H16O3/c1-6-8(11)4-7(5-9(12)13)10(6,2)3/h6-7H,4-5H2,1-3H3,(H,12,13)/p-1/t6-,7+/m1/s1. The van der Waals surface area contributed by atoms with E-state index in [0.717, 1.165) is 0 Å². The third kappa shape index (κ3) is 1.74. The zero-order valence-corrected chi connectivity index (χ0v) is 8.29. The normalized spacial score (nSPS) is 32.1. The maximum Gasteiger partial charge on any atom is 0.136 e. The molecule has 0 aromatic rings. The zero-order valence-electron chi connectivity index (χ0n) is 8.29. The summed E-state index contributed by atoms with van der Waals surface area (Å²) in [7, 11) is 0. The first-order chi connectivity index (χ1) is 5.85. The molecule has 1 saturated carbocycles. The van der Waals surface area contributed by atoms with Gasteiger partial charge in [-0.3, -0.25) is 4.79 Å². The monoisotopic (exact) mass is 183 g/mol. The van der Waals surface area contributed by atoms with Crippen molar-refractivity contribution in [1.29, 1.82) is 0 Å². The molecule has 0 aromatic heterocycles. The molecule has 0 heterocycles. The maximum atomic E-state index is 11.4. The Hall–Kier alpha value is -0.860. The van der Waals surface area contributed by atoms with Crippen molar-refractivity contribution in [3.8, 4) is 0 Å². The van der Waals surface area contributed by atoms with E-state index in [1.807, 2.05) is 20.8 Å². The first-order valence-electron chi connectivity index (χ1n) is 4.58. The van der Waals surface area contributed by atoms with Crippen LogP contribution >= 0.6 is 0 Å². The average molecular weight is 183 g/mol. The minimum atomic E-state index is -1.06. The predicted octanol–water partition coefficient (Wildman–Crippen LogP) is 0.378. The van der Waals surface area contributed by atoms with Crippen LogP contribution in [-0.4, -0.2) is 11.8 Å². The van der Waals surface area contributed by atoms with Gasteiger partial charge in [-0.1, -0.05) is 20.8 Å². The number of hydrogen-bond acceptors (Lipinski definition) is 3. The fourth-order valence-corrected chi connectivity index (χ4v) is 1.99. The van der Waals surface area contributed by atoms with Gasteiger partial charge >= 0.3 is 0 Å². The van der Waals surface area contributed by atoms with Gasteiger partial charge in [-0.2, -0.15) is 0 Å². The highest BCUT2D eigenvalue weighted by Gasteiger charge is 2.45. The minimum absolute atomic E-state index is 0.00306. The highest BCUT2D eigenvalue weighted by atomic mass is 16.4. The van der Waals surface area contributed by atoms with Crippen molar-refractivity contribution < 1.29 is 14.7 Å². The number of aliphatic carboxylic acids is 1. The van der Waals surface area contributed by atoms with E-state index in [9.17, 15) is 14.7 Å². The lowest BCUT2D eigenvalue weighted by Crippen LogP contribution is -2.31. The quantitative estimate of drug-likeness (QED) is 0.621. The Balaban J connectivity index is 2.78. The van der Waals surface area contributed by atoms with Gasteiger partial charge in [0, 0.05) is 18.3 Å². The van der Waals surface area contributed by atoms with Crippen LogP contribution in [0.4, 0.5) is 0 Å². The van der Waals surface area contributed by atoms with Crippen LogP contribution in [0.5, 0.6) is 0 Å². The molecule has 74 valence electrons. The van der Waals surface area contributed by atoms with Crippen LogP contribution < -0.4 is 5.11 Å². The van der Waals surface area contributed by atoms with E-state index < -0.39 is 5.97 Å². The number of carboxylic acids is 1. The molecule has 3 nitrogen and oxygen atoms in total. The summed E-state index contributed by atoms with van der Waals surface area (Å²) in [6.07, 6.45) is 0.394. The fourth-order valence-electron chi connectivity index (χ4n) is 1.99. The molecule has 13 heavy (non-hydrogen) atoms. The van der Waals surface area contributed by atoms with Gasteiger partial charge < -0.3 is 9.90 Å².